The molecular weight excluding hydrogens is 392 g/mol. The zero-order valence-electron chi connectivity index (χ0n) is 17.7. The van der Waals surface area contributed by atoms with Gasteiger partial charge in [0, 0.05) is 24.5 Å². The van der Waals surface area contributed by atoms with E-state index in [4.69, 9.17) is 9.72 Å². The van der Waals surface area contributed by atoms with Gasteiger partial charge in [0.15, 0.2) is 17.3 Å². The zero-order chi connectivity index (χ0) is 21.2. The number of piperidine rings is 1. The Bertz CT molecular complexity index is 1190. The molecule has 0 aromatic carbocycles. The monoisotopic (exact) mass is 418 g/mol. The number of hydrogen-bond donors (Lipinski definition) is 3. The van der Waals surface area contributed by atoms with Gasteiger partial charge in [-0.15, -0.1) is 0 Å². The standard InChI is InChI=1S/C22H26N8O/c1-14-3-4-16(22(25-14)31-2)18-11-19(29-28-18)26-20-12-24-17-7-10-30(21(17)27-20)13-15-5-8-23-9-6-15/h3-4,7,10-12,15,23H,5-6,8-9,13H2,1-2H3,(H2,26,27,28,29). The first-order valence-corrected chi connectivity index (χ1v) is 10.6. The fraction of sp³-hybridized carbons (Fsp3) is 0.364. The first kappa shape index (κ1) is 19.5. The summed E-state index contributed by atoms with van der Waals surface area (Å²) in [6, 6.07) is 7.85. The number of anilines is 2. The van der Waals surface area contributed by atoms with Crippen molar-refractivity contribution >= 4 is 22.8 Å². The van der Waals surface area contributed by atoms with Gasteiger partial charge in [0.05, 0.1) is 24.6 Å². The van der Waals surface area contributed by atoms with Crippen molar-refractivity contribution in [3.63, 3.8) is 0 Å². The SMILES string of the molecule is COc1nc(C)ccc1-c1cc(Nc2cnc3ccn(CC4CCNCC4)c3n2)n[nH]1. The minimum absolute atomic E-state index is 0.562. The average Bonchev–Trinajstić information content (AvgIpc) is 3.41. The highest BCUT2D eigenvalue weighted by Crippen LogP contribution is 2.29. The lowest BCUT2D eigenvalue weighted by Gasteiger charge is -2.23. The van der Waals surface area contributed by atoms with Gasteiger partial charge in [-0.05, 0) is 57.0 Å². The topological polar surface area (TPSA) is 106 Å². The van der Waals surface area contributed by atoms with Crippen molar-refractivity contribution in [2.75, 3.05) is 25.5 Å². The number of pyridine rings is 1. The molecule has 4 aromatic heterocycles. The number of aromatic nitrogens is 6. The fourth-order valence-corrected chi connectivity index (χ4v) is 4.05. The van der Waals surface area contributed by atoms with Gasteiger partial charge in [-0.2, -0.15) is 5.10 Å². The van der Waals surface area contributed by atoms with E-state index in [2.05, 4.69) is 41.6 Å². The van der Waals surface area contributed by atoms with Gasteiger partial charge in [0.2, 0.25) is 5.88 Å². The molecule has 1 aliphatic rings. The second kappa shape index (κ2) is 8.35. The van der Waals surface area contributed by atoms with Crippen LogP contribution in [0.3, 0.4) is 0 Å². The van der Waals surface area contributed by atoms with Crippen LogP contribution >= 0.6 is 0 Å². The lowest BCUT2D eigenvalue weighted by atomic mass is 9.98. The maximum absolute atomic E-state index is 5.41. The number of hydrogen-bond acceptors (Lipinski definition) is 7. The summed E-state index contributed by atoms with van der Waals surface area (Å²) in [4.78, 5) is 13.8. The number of aryl methyl sites for hydroxylation is 1. The quantitative estimate of drug-likeness (QED) is 0.441. The third kappa shape index (κ3) is 4.09. The van der Waals surface area contributed by atoms with Gasteiger partial charge in [-0.3, -0.25) is 5.10 Å². The lowest BCUT2D eigenvalue weighted by molar-refractivity contribution is 0.336. The molecule has 1 aliphatic heterocycles. The number of fused-ring (bicyclic) bond motifs is 1. The molecule has 160 valence electrons. The van der Waals surface area contributed by atoms with E-state index in [1.165, 1.54) is 12.8 Å². The van der Waals surface area contributed by atoms with Crippen LogP contribution in [0.1, 0.15) is 18.5 Å². The molecule has 0 aliphatic carbocycles. The molecule has 0 radical (unpaired) electrons. The summed E-state index contributed by atoms with van der Waals surface area (Å²) in [7, 11) is 1.62. The van der Waals surface area contributed by atoms with Gasteiger partial charge in [0.25, 0.3) is 0 Å². The van der Waals surface area contributed by atoms with Crippen LogP contribution in [-0.4, -0.2) is 49.9 Å². The molecule has 9 heteroatoms. The predicted octanol–water partition coefficient (Wildman–Crippen LogP) is 3.28. The molecule has 0 atom stereocenters. The van der Waals surface area contributed by atoms with E-state index in [0.717, 1.165) is 47.7 Å². The molecule has 1 fully saturated rings. The number of nitrogens with zero attached hydrogens (tertiary/aromatic N) is 5. The van der Waals surface area contributed by atoms with Crippen LogP contribution in [-0.2, 0) is 6.54 Å². The highest BCUT2D eigenvalue weighted by Gasteiger charge is 2.16. The van der Waals surface area contributed by atoms with E-state index in [-0.39, 0.29) is 0 Å². The van der Waals surface area contributed by atoms with E-state index in [0.29, 0.717) is 23.4 Å². The maximum atomic E-state index is 5.41. The van der Waals surface area contributed by atoms with E-state index in [1.54, 1.807) is 13.3 Å². The van der Waals surface area contributed by atoms with Crippen molar-refractivity contribution in [3.05, 3.63) is 42.4 Å². The van der Waals surface area contributed by atoms with Crippen LogP contribution in [0.4, 0.5) is 11.6 Å². The fourth-order valence-electron chi connectivity index (χ4n) is 4.05. The van der Waals surface area contributed by atoms with E-state index in [1.807, 2.05) is 31.2 Å². The van der Waals surface area contributed by atoms with E-state index < -0.39 is 0 Å². The van der Waals surface area contributed by atoms with Gasteiger partial charge < -0.3 is 19.9 Å². The molecule has 0 spiro atoms. The van der Waals surface area contributed by atoms with Crippen molar-refractivity contribution in [2.45, 2.75) is 26.3 Å². The van der Waals surface area contributed by atoms with Crippen LogP contribution in [0.15, 0.2) is 36.7 Å². The summed E-state index contributed by atoms with van der Waals surface area (Å²) in [6.07, 6.45) is 6.20. The summed E-state index contributed by atoms with van der Waals surface area (Å²) in [5.41, 5.74) is 4.36. The van der Waals surface area contributed by atoms with Crippen LogP contribution in [0, 0.1) is 12.8 Å². The zero-order valence-corrected chi connectivity index (χ0v) is 17.7. The third-order valence-electron chi connectivity index (χ3n) is 5.70. The summed E-state index contributed by atoms with van der Waals surface area (Å²) >= 11 is 0. The predicted molar refractivity (Wildman–Crippen MR) is 120 cm³/mol. The van der Waals surface area contributed by atoms with Crippen LogP contribution in [0.25, 0.3) is 22.4 Å². The average molecular weight is 419 g/mol. The van der Waals surface area contributed by atoms with Gasteiger partial charge in [-0.1, -0.05) is 0 Å². The minimum Gasteiger partial charge on any atom is -0.480 e. The number of nitrogens with one attached hydrogen (secondary N) is 3. The highest BCUT2D eigenvalue weighted by molar-refractivity contribution is 5.74. The smallest absolute Gasteiger partial charge is 0.222 e. The minimum atomic E-state index is 0.562. The molecule has 0 saturated carbocycles. The first-order valence-electron chi connectivity index (χ1n) is 10.6. The van der Waals surface area contributed by atoms with Gasteiger partial charge >= 0.3 is 0 Å². The Morgan fingerprint density at radius 2 is 2.03 bits per heavy atom. The van der Waals surface area contributed by atoms with Gasteiger partial charge in [0.1, 0.15) is 5.52 Å². The Hall–Kier alpha value is -3.46. The number of rotatable bonds is 6. The summed E-state index contributed by atoms with van der Waals surface area (Å²) in [6.45, 7) is 5.08. The lowest BCUT2D eigenvalue weighted by Crippen LogP contribution is -2.29. The van der Waals surface area contributed by atoms with Crippen molar-refractivity contribution in [1.82, 2.24) is 35.0 Å². The Morgan fingerprint density at radius 3 is 2.87 bits per heavy atom. The Morgan fingerprint density at radius 1 is 1.16 bits per heavy atom. The number of H-pyrrole nitrogens is 1. The molecule has 31 heavy (non-hydrogen) atoms. The van der Waals surface area contributed by atoms with E-state index in [9.17, 15) is 0 Å². The molecule has 5 heterocycles. The van der Waals surface area contributed by atoms with Gasteiger partial charge in [-0.25, -0.2) is 15.0 Å². The van der Waals surface area contributed by atoms with Crippen LogP contribution in [0.5, 0.6) is 5.88 Å². The molecular formula is C22H26N8O. The number of aromatic amines is 1. The van der Waals surface area contributed by atoms with Crippen molar-refractivity contribution in [3.8, 4) is 17.1 Å². The van der Waals surface area contributed by atoms with Crippen LogP contribution < -0.4 is 15.4 Å². The Kier molecular flexibility index (Phi) is 5.25. The summed E-state index contributed by atoms with van der Waals surface area (Å²) < 4.78 is 7.63. The van der Waals surface area contributed by atoms with E-state index >= 15 is 0 Å². The molecule has 5 rings (SSSR count). The highest BCUT2D eigenvalue weighted by atomic mass is 16.5. The van der Waals surface area contributed by atoms with Crippen molar-refractivity contribution in [1.29, 1.82) is 0 Å². The summed E-state index contributed by atoms with van der Waals surface area (Å²) in [5, 5.41) is 14.1. The Labute approximate surface area is 180 Å². The largest absolute Gasteiger partial charge is 0.480 e. The second-order valence-corrected chi connectivity index (χ2v) is 7.93. The second-order valence-electron chi connectivity index (χ2n) is 7.93. The first-order chi connectivity index (χ1) is 15.2. The molecule has 4 aromatic rings. The molecule has 1 saturated heterocycles. The van der Waals surface area contributed by atoms with Crippen LogP contribution in [0.2, 0.25) is 0 Å². The maximum Gasteiger partial charge on any atom is 0.222 e. The number of ether oxygens (including phenoxy) is 1. The summed E-state index contributed by atoms with van der Waals surface area (Å²) in [5.74, 6) is 2.54. The molecule has 3 N–H and O–H groups in total. The molecule has 9 nitrogen and oxygen atoms in total. The molecule has 0 amide bonds. The molecule has 0 unspecified atom stereocenters. The third-order valence-corrected chi connectivity index (χ3v) is 5.70. The number of methoxy groups -OCH3 is 1. The van der Waals surface area contributed by atoms with Crippen molar-refractivity contribution in [2.24, 2.45) is 5.92 Å². The normalized spacial score (nSPS) is 14.8. The Balaban J connectivity index is 1.37. The molecule has 0 bridgehead atoms. The van der Waals surface area contributed by atoms with Crippen molar-refractivity contribution < 1.29 is 4.74 Å².